The molecule has 0 aromatic carbocycles. The number of rotatable bonds is 3. The number of hydrogen-bond acceptors (Lipinski definition) is 3. The number of amides is 1. The van der Waals surface area contributed by atoms with E-state index >= 15 is 0 Å². The first-order chi connectivity index (χ1) is 7.53. The minimum Gasteiger partial charge on any atom is -0.480 e. The first-order valence-corrected chi connectivity index (χ1v) is 5.75. The molecule has 1 aliphatic carbocycles. The summed E-state index contributed by atoms with van der Waals surface area (Å²) in [6.45, 7) is 9.20. The van der Waals surface area contributed by atoms with Crippen LogP contribution in [-0.4, -0.2) is 28.8 Å². The third kappa shape index (κ3) is 3.91. The monoisotopic (exact) mass is 243 g/mol. The average molecular weight is 243 g/mol. The van der Waals surface area contributed by atoms with Crippen molar-refractivity contribution in [3.8, 4) is 0 Å². The lowest BCUT2D eigenvalue weighted by Gasteiger charge is -2.22. The van der Waals surface area contributed by atoms with Crippen LogP contribution in [0.3, 0.4) is 0 Å². The lowest BCUT2D eigenvalue weighted by Crippen LogP contribution is -2.45. The first-order valence-electron chi connectivity index (χ1n) is 5.75. The Labute approximate surface area is 102 Å². The van der Waals surface area contributed by atoms with E-state index in [4.69, 9.17) is 9.84 Å². The van der Waals surface area contributed by atoms with Crippen molar-refractivity contribution in [2.75, 3.05) is 0 Å². The second-order valence-electron chi connectivity index (χ2n) is 6.26. The van der Waals surface area contributed by atoms with Crippen LogP contribution in [0.15, 0.2) is 0 Å². The van der Waals surface area contributed by atoms with Crippen LogP contribution in [0.4, 0.5) is 4.79 Å². The highest BCUT2D eigenvalue weighted by Crippen LogP contribution is 2.53. The first kappa shape index (κ1) is 13.8. The maximum atomic E-state index is 11.5. The van der Waals surface area contributed by atoms with Gasteiger partial charge in [0.05, 0.1) is 0 Å². The molecular weight excluding hydrogens is 222 g/mol. The van der Waals surface area contributed by atoms with E-state index in [0.29, 0.717) is 0 Å². The highest BCUT2D eigenvalue weighted by molar-refractivity contribution is 5.81. The zero-order valence-corrected chi connectivity index (χ0v) is 11.0. The van der Waals surface area contributed by atoms with Crippen LogP contribution in [0.25, 0.3) is 0 Å². The Kier molecular flexibility index (Phi) is 3.41. The minimum atomic E-state index is -1.01. The summed E-state index contributed by atoms with van der Waals surface area (Å²) in [5.41, 5.74) is -0.635. The van der Waals surface area contributed by atoms with E-state index in [9.17, 15) is 9.59 Å². The Bertz CT molecular complexity index is 330. The van der Waals surface area contributed by atoms with Gasteiger partial charge in [-0.2, -0.15) is 0 Å². The molecule has 5 nitrogen and oxygen atoms in total. The van der Waals surface area contributed by atoms with E-state index in [1.54, 1.807) is 20.8 Å². The maximum Gasteiger partial charge on any atom is 0.408 e. The van der Waals surface area contributed by atoms with E-state index in [1.807, 2.05) is 13.8 Å². The van der Waals surface area contributed by atoms with E-state index in [2.05, 4.69) is 5.32 Å². The molecule has 1 amide bonds. The van der Waals surface area contributed by atoms with Gasteiger partial charge in [0.1, 0.15) is 11.6 Å². The van der Waals surface area contributed by atoms with Crippen LogP contribution < -0.4 is 5.32 Å². The van der Waals surface area contributed by atoms with Crippen molar-refractivity contribution in [3.05, 3.63) is 0 Å². The smallest absolute Gasteiger partial charge is 0.408 e. The van der Waals surface area contributed by atoms with Crippen molar-refractivity contribution in [2.24, 2.45) is 11.3 Å². The van der Waals surface area contributed by atoms with E-state index in [-0.39, 0.29) is 11.3 Å². The molecule has 0 spiro atoms. The summed E-state index contributed by atoms with van der Waals surface area (Å²) in [7, 11) is 0. The van der Waals surface area contributed by atoms with Gasteiger partial charge in [-0.25, -0.2) is 9.59 Å². The van der Waals surface area contributed by atoms with Crippen LogP contribution in [0.1, 0.15) is 41.0 Å². The normalized spacial score (nSPS) is 23.7. The topological polar surface area (TPSA) is 75.6 Å². The van der Waals surface area contributed by atoms with Gasteiger partial charge in [-0.15, -0.1) is 0 Å². The second kappa shape index (κ2) is 4.20. The molecule has 1 saturated carbocycles. The fourth-order valence-electron chi connectivity index (χ4n) is 1.85. The SMILES string of the molecule is CC(C)(C)OC(=O)N[C@H](C(=O)O)C1CC1(C)C. The lowest BCUT2D eigenvalue weighted by molar-refractivity contribution is -0.140. The van der Waals surface area contributed by atoms with Gasteiger partial charge < -0.3 is 15.2 Å². The third-order valence-corrected chi connectivity index (χ3v) is 2.93. The molecule has 17 heavy (non-hydrogen) atoms. The number of hydrogen-bond donors (Lipinski definition) is 2. The zero-order valence-electron chi connectivity index (χ0n) is 11.0. The number of carboxylic acids is 1. The molecular formula is C12H21NO4. The van der Waals surface area contributed by atoms with Gasteiger partial charge in [0.25, 0.3) is 0 Å². The molecule has 1 unspecified atom stereocenters. The van der Waals surface area contributed by atoms with Crippen molar-refractivity contribution in [3.63, 3.8) is 0 Å². The van der Waals surface area contributed by atoms with Gasteiger partial charge in [-0.3, -0.25) is 0 Å². The molecule has 1 fully saturated rings. The number of nitrogens with one attached hydrogen (secondary N) is 1. The van der Waals surface area contributed by atoms with Crippen LogP contribution in [0.2, 0.25) is 0 Å². The van der Waals surface area contributed by atoms with Crippen molar-refractivity contribution >= 4 is 12.1 Å². The third-order valence-electron chi connectivity index (χ3n) is 2.93. The summed E-state index contributed by atoms with van der Waals surface area (Å²) < 4.78 is 5.05. The van der Waals surface area contributed by atoms with E-state index in [0.717, 1.165) is 6.42 Å². The van der Waals surface area contributed by atoms with Crippen LogP contribution in [-0.2, 0) is 9.53 Å². The molecule has 98 valence electrons. The van der Waals surface area contributed by atoms with Crippen LogP contribution >= 0.6 is 0 Å². The molecule has 2 atom stereocenters. The lowest BCUT2D eigenvalue weighted by atomic mass is 10.0. The quantitative estimate of drug-likeness (QED) is 0.795. The summed E-state index contributed by atoms with van der Waals surface area (Å²) in [6, 6.07) is -0.861. The Balaban J connectivity index is 2.58. The van der Waals surface area contributed by atoms with Gasteiger partial charge in [0.2, 0.25) is 0 Å². The molecule has 0 radical (unpaired) electrons. The Morgan fingerprint density at radius 3 is 2.18 bits per heavy atom. The number of carbonyl (C=O) groups excluding carboxylic acids is 1. The number of aliphatic carboxylic acids is 1. The van der Waals surface area contributed by atoms with Gasteiger partial charge >= 0.3 is 12.1 Å². The molecule has 1 aliphatic rings. The summed E-state index contributed by atoms with van der Waals surface area (Å²) in [5.74, 6) is -1.03. The molecule has 5 heteroatoms. The zero-order chi connectivity index (χ0) is 13.4. The van der Waals surface area contributed by atoms with Crippen molar-refractivity contribution in [2.45, 2.75) is 52.7 Å². The highest BCUT2D eigenvalue weighted by Gasteiger charge is 2.53. The van der Waals surface area contributed by atoms with Crippen LogP contribution in [0, 0.1) is 11.3 Å². The predicted molar refractivity (Wildman–Crippen MR) is 62.7 cm³/mol. The molecule has 2 N–H and O–H groups in total. The standard InChI is InChI=1S/C12H21NO4/c1-11(2,3)17-10(16)13-8(9(14)15)7-6-12(7,4)5/h7-8H,6H2,1-5H3,(H,13,16)(H,14,15)/t7?,8-/m0/s1. The van der Waals surface area contributed by atoms with E-state index in [1.165, 1.54) is 0 Å². The highest BCUT2D eigenvalue weighted by atomic mass is 16.6. The number of carboxylic acid groups (broad SMARTS) is 1. The minimum absolute atomic E-state index is 0.0158. The fourth-order valence-corrected chi connectivity index (χ4v) is 1.85. The second-order valence-corrected chi connectivity index (χ2v) is 6.26. The van der Waals surface area contributed by atoms with Crippen molar-refractivity contribution < 1.29 is 19.4 Å². The molecule has 0 saturated heterocycles. The maximum absolute atomic E-state index is 11.5. The Hall–Kier alpha value is -1.26. The van der Waals surface area contributed by atoms with Crippen molar-refractivity contribution in [1.82, 2.24) is 5.32 Å². The molecule has 0 aromatic heterocycles. The summed E-state index contributed by atoms with van der Waals surface area (Å²) in [4.78, 5) is 22.6. The summed E-state index contributed by atoms with van der Waals surface area (Å²) >= 11 is 0. The molecule has 1 rings (SSSR count). The fraction of sp³-hybridized carbons (Fsp3) is 0.833. The molecule has 0 aliphatic heterocycles. The summed E-state index contributed by atoms with van der Waals surface area (Å²) in [6.07, 6.45) is 0.132. The molecule has 0 bridgehead atoms. The van der Waals surface area contributed by atoms with Crippen LogP contribution in [0.5, 0.6) is 0 Å². The molecule has 0 aromatic rings. The summed E-state index contributed by atoms with van der Waals surface area (Å²) in [5, 5.41) is 11.5. The number of ether oxygens (including phenoxy) is 1. The predicted octanol–water partition coefficient (Wildman–Crippen LogP) is 2.01. The Morgan fingerprint density at radius 1 is 1.41 bits per heavy atom. The Morgan fingerprint density at radius 2 is 1.88 bits per heavy atom. The van der Waals surface area contributed by atoms with E-state index < -0.39 is 23.7 Å². The van der Waals surface area contributed by atoms with Crippen molar-refractivity contribution in [1.29, 1.82) is 0 Å². The number of carbonyl (C=O) groups is 2. The largest absolute Gasteiger partial charge is 0.480 e. The van der Waals surface area contributed by atoms with Gasteiger partial charge in [0.15, 0.2) is 0 Å². The van der Waals surface area contributed by atoms with Gasteiger partial charge in [-0.1, -0.05) is 13.8 Å². The number of alkyl carbamates (subject to hydrolysis) is 1. The van der Waals surface area contributed by atoms with Gasteiger partial charge in [0, 0.05) is 0 Å². The average Bonchev–Trinajstić information content (AvgIpc) is 2.66. The van der Waals surface area contributed by atoms with Gasteiger partial charge in [-0.05, 0) is 38.5 Å². The molecule has 0 heterocycles.